The van der Waals surface area contributed by atoms with E-state index in [1.54, 1.807) is 0 Å². The SMILES string of the molecule is CC(C)CN(CCN(C)C)Cc1c(N)cccc1Cl. The van der Waals surface area contributed by atoms with Gasteiger partial charge in [0.05, 0.1) is 0 Å². The lowest BCUT2D eigenvalue weighted by atomic mass is 10.1. The summed E-state index contributed by atoms with van der Waals surface area (Å²) in [5.41, 5.74) is 7.86. The highest BCUT2D eigenvalue weighted by molar-refractivity contribution is 6.31. The molecule has 0 heterocycles. The molecular weight excluding hydrogens is 258 g/mol. The smallest absolute Gasteiger partial charge is 0.0471 e. The summed E-state index contributed by atoms with van der Waals surface area (Å²) in [6.07, 6.45) is 0. The molecular formula is C15H26ClN3. The van der Waals surface area contributed by atoms with Crippen LogP contribution >= 0.6 is 11.6 Å². The van der Waals surface area contributed by atoms with E-state index in [0.717, 1.165) is 42.5 Å². The minimum absolute atomic E-state index is 0.630. The number of halogens is 1. The fourth-order valence-electron chi connectivity index (χ4n) is 2.06. The molecule has 2 N–H and O–H groups in total. The van der Waals surface area contributed by atoms with E-state index in [1.165, 1.54) is 0 Å². The first-order valence-corrected chi connectivity index (χ1v) is 7.18. The predicted molar refractivity (Wildman–Crippen MR) is 84.5 cm³/mol. The molecule has 4 heteroatoms. The van der Waals surface area contributed by atoms with Gasteiger partial charge in [-0.1, -0.05) is 31.5 Å². The van der Waals surface area contributed by atoms with Gasteiger partial charge in [0.1, 0.15) is 0 Å². The summed E-state index contributed by atoms with van der Waals surface area (Å²) in [4.78, 5) is 4.62. The molecule has 0 bridgehead atoms. The van der Waals surface area contributed by atoms with Crippen LogP contribution in [0.4, 0.5) is 5.69 Å². The normalized spacial score (nSPS) is 11.8. The van der Waals surface area contributed by atoms with E-state index in [4.69, 9.17) is 17.3 Å². The molecule has 0 atom stereocenters. The Balaban J connectivity index is 2.75. The Kier molecular flexibility index (Phi) is 6.63. The van der Waals surface area contributed by atoms with Crippen molar-refractivity contribution in [3.8, 4) is 0 Å². The lowest BCUT2D eigenvalue weighted by Crippen LogP contribution is -2.34. The molecule has 108 valence electrons. The first-order valence-electron chi connectivity index (χ1n) is 6.80. The van der Waals surface area contributed by atoms with Gasteiger partial charge in [-0.2, -0.15) is 0 Å². The number of nitrogen functional groups attached to an aromatic ring is 1. The number of likely N-dealkylation sites (N-methyl/N-ethyl adjacent to an activating group) is 1. The lowest BCUT2D eigenvalue weighted by Gasteiger charge is -2.26. The molecule has 0 saturated heterocycles. The van der Waals surface area contributed by atoms with Gasteiger partial charge in [-0.15, -0.1) is 0 Å². The highest BCUT2D eigenvalue weighted by atomic mass is 35.5. The Bertz CT molecular complexity index is 371. The Morgan fingerprint density at radius 1 is 1.21 bits per heavy atom. The van der Waals surface area contributed by atoms with E-state index in [-0.39, 0.29) is 0 Å². The van der Waals surface area contributed by atoms with E-state index >= 15 is 0 Å². The van der Waals surface area contributed by atoms with Gasteiger partial charge >= 0.3 is 0 Å². The average Bonchev–Trinajstić information content (AvgIpc) is 2.30. The number of hydrogen-bond donors (Lipinski definition) is 1. The Hall–Kier alpha value is -0.770. The highest BCUT2D eigenvalue weighted by Gasteiger charge is 2.12. The van der Waals surface area contributed by atoms with Crippen LogP contribution in [0.5, 0.6) is 0 Å². The van der Waals surface area contributed by atoms with Crippen molar-refractivity contribution in [2.24, 2.45) is 5.92 Å². The van der Waals surface area contributed by atoms with Crippen LogP contribution in [0, 0.1) is 5.92 Å². The number of hydrogen-bond acceptors (Lipinski definition) is 3. The van der Waals surface area contributed by atoms with Crippen molar-refractivity contribution in [1.29, 1.82) is 0 Å². The summed E-state index contributed by atoms with van der Waals surface area (Å²) < 4.78 is 0. The summed E-state index contributed by atoms with van der Waals surface area (Å²) in [6, 6.07) is 5.72. The van der Waals surface area contributed by atoms with Gasteiger partial charge in [0.25, 0.3) is 0 Å². The van der Waals surface area contributed by atoms with Crippen molar-refractivity contribution >= 4 is 17.3 Å². The van der Waals surface area contributed by atoms with E-state index in [0.29, 0.717) is 5.92 Å². The minimum atomic E-state index is 0.630. The first-order chi connectivity index (χ1) is 8.90. The molecule has 19 heavy (non-hydrogen) atoms. The summed E-state index contributed by atoms with van der Waals surface area (Å²) in [5, 5.41) is 0.763. The summed E-state index contributed by atoms with van der Waals surface area (Å²) in [5.74, 6) is 0.630. The van der Waals surface area contributed by atoms with Crippen LogP contribution in [0.1, 0.15) is 19.4 Å². The summed E-state index contributed by atoms with van der Waals surface area (Å²) >= 11 is 6.26. The van der Waals surface area contributed by atoms with Crippen LogP contribution in [-0.2, 0) is 6.54 Å². The van der Waals surface area contributed by atoms with Gasteiger partial charge in [-0.25, -0.2) is 0 Å². The third-order valence-corrected chi connectivity index (χ3v) is 3.38. The molecule has 0 spiro atoms. The van der Waals surface area contributed by atoms with Crippen LogP contribution in [0.15, 0.2) is 18.2 Å². The second kappa shape index (κ2) is 7.73. The maximum absolute atomic E-state index is 6.26. The van der Waals surface area contributed by atoms with Crippen molar-refractivity contribution < 1.29 is 0 Å². The number of rotatable bonds is 7. The number of benzene rings is 1. The average molecular weight is 284 g/mol. The number of nitrogens with two attached hydrogens (primary N) is 1. The van der Waals surface area contributed by atoms with Gasteiger partial charge in [0.2, 0.25) is 0 Å². The van der Waals surface area contributed by atoms with Crippen molar-refractivity contribution in [2.45, 2.75) is 20.4 Å². The van der Waals surface area contributed by atoms with E-state index in [9.17, 15) is 0 Å². The number of anilines is 1. The molecule has 1 aromatic carbocycles. The van der Waals surface area contributed by atoms with Gasteiger partial charge < -0.3 is 10.6 Å². The molecule has 0 fully saturated rings. The molecule has 0 unspecified atom stereocenters. The maximum Gasteiger partial charge on any atom is 0.0471 e. The van der Waals surface area contributed by atoms with Crippen LogP contribution in [0.2, 0.25) is 5.02 Å². The molecule has 0 saturated carbocycles. The molecule has 3 nitrogen and oxygen atoms in total. The van der Waals surface area contributed by atoms with Crippen LogP contribution in [0.25, 0.3) is 0 Å². The summed E-state index contributed by atoms with van der Waals surface area (Å²) in [7, 11) is 4.19. The zero-order chi connectivity index (χ0) is 14.4. The third kappa shape index (κ3) is 5.81. The zero-order valence-corrected chi connectivity index (χ0v) is 13.2. The van der Waals surface area contributed by atoms with E-state index in [1.807, 2.05) is 18.2 Å². The monoisotopic (exact) mass is 283 g/mol. The zero-order valence-electron chi connectivity index (χ0n) is 12.5. The van der Waals surface area contributed by atoms with Gasteiger partial charge in [-0.3, -0.25) is 4.90 Å². The van der Waals surface area contributed by atoms with E-state index < -0.39 is 0 Å². The second-order valence-electron chi connectivity index (χ2n) is 5.74. The van der Waals surface area contributed by atoms with Crippen molar-refractivity contribution in [3.63, 3.8) is 0 Å². The van der Waals surface area contributed by atoms with Crippen LogP contribution in [-0.4, -0.2) is 43.5 Å². The molecule has 0 amide bonds. The predicted octanol–water partition coefficient (Wildman–Crippen LogP) is 2.94. The molecule has 0 radical (unpaired) electrons. The van der Waals surface area contributed by atoms with Crippen LogP contribution < -0.4 is 5.73 Å². The Morgan fingerprint density at radius 3 is 2.42 bits per heavy atom. The molecule has 0 aliphatic heterocycles. The van der Waals surface area contributed by atoms with Gasteiger partial charge in [-0.05, 0) is 32.1 Å². The molecule has 0 aliphatic carbocycles. The first kappa shape index (κ1) is 16.3. The van der Waals surface area contributed by atoms with Crippen molar-refractivity contribution in [2.75, 3.05) is 39.5 Å². The van der Waals surface area contributed by atoms with Gasteiger partial charge in [0, 0.05) is 42.5 Å². The molecule has 1 rings (SSSR count). The topological polar surface area (TPSA) is 32.5 Å². The third-order valence-electron chi connectivity index (χ3n) is 3.02. The summed E-state index contributed by atoms with van der Waals surface area (Å²) in [6.45, 7) is 8.40. The lowest BCUT2D eigenvalue weighted by molar-refractivity contribution is 0.212. The van der Waals surface area contributed by atoms with Crippen molar-refractivity contribution in [1.82, 2.24) is 9.80 Å². The minimum Gasteiger partial charge on any atom is -0.398 e. The Labute approximate surface area is 122 Å². The van der Waals surface area contributed by atoms with E-state index in [2.05, 4.69) is 37.7 Å². The quantitative estimate of drug-likeness (QED) is 0.781. The Morgan fingerprint density at radius 2 is 1.89 bits per heavy atom. The largest absolute Gasteiger partial charge is 0.398 e. The van der Waals surface area contributed by atoms with Crippen LogP contribution in [0.3, 0.4) is 0 Å². The standard InChI is InChI=1S/C15H26ClN3/c1-12(2)10-19(9-8-18(3)4)11-13-14(16)6-5-7-15(13)17/h5-7,12H,8-11,17H2,1-4H3. The second-order valence-corrected chi connectivity index (χ2v) is 6.15. The number of nitrogens with zero attached hydrogens (tertiary/aromatic N) is 2. The maximum atomic E-state index is 6.26. The molecule has 0 aliphatic rings. The fraction of sp³-hybridized carbons (Fsp3) is 0.600. The highest BCUT2D eigenvalue weighted by Crippen LogP contribution is 2.23. The van der Waals surface area contributed by atoms with Crippen molar-refractivity contribution in [3.05, 3.63) is 28.8 Å². The fourth-order valence-corrected chi connectivity index (χ4v) is 2.30. The molecule has 1 aromatic rings. The molecule has 0 aromatic heterocycles. The van der Waals surface area contributed by atoms with Gasteiger partial charge in [0.15, 0.2) is 0 Å².